The maximum absolute atomic E-state index is 13.1. The zero-order chi connectivity index (χ0) is 24.1. The van der Waals surface area contributed by atoms with E-state index in [0.29, 0.717) is 23.4 Å². The molecule has 1 aliphatic rings. The molecule has 0 spiro atoms. The molecule has 0 radical (unpaired) electrons. The molecule has 0 atom stereocenters. The number of anilines is 2. The number of carbonyl (C=O) groups is 2. The van der Waals surface area contributed by atoms with Crippen LogP contribution in [-0.2, 0) is 11.3 Å². The van der Waals surface area contributed by atoms with E-state index in [4.69, 9.17) is 0 Å². The molecule has 0 fully saturated rings. The van der Waals surface area contributed by atoms with Crippen LogP contribution < -0.4 is 16.0 Å². The van der Waals surface area contributed by atoms with Gasteiger partial charge in [0.05, 0.1) is 11.3 Å². The predicted molar refractivity (Wildman–Crippen MR) is 138 cm³/mol. The van der Waals surface area contributed by atoms with Crippen LogP contribution in [0.1, 0.15) is 40.4 Å². The van der Waals surface area contributed by atoms with Crippen LogP contribution in [0.25, 0.3) is 11.3 Å². The lowest BCUT2D eigenvalue weighted by atomic mass is 9.98. The number of carbonyl (C=O) groups excluding carboxylic acids is 2. The van der Waals surface area contributed by atoms with Crippen LogP contribution in [0.3, 0.4) is 0 Å². The average Bonchev–Trinajstić information content (AvgIpc) is 3.17. The molecular weight excluding hydrogens is 424 g/mol. The molecule has 3 aromatic rings. The van der Waals surface area contributed by atoms with Crippen molar-refractivity contribution in [2.24, 2.45) is 0 Å². The summed E-state index contributed by atoms with van der Waals surface area (Å²) in [6, 6.07) is 23.4. The molecule has 0 unspecified atom stereocenters. The Labute approximate surface area is 200 Å². The predicted octanol–water partition coefficient (Wildman–Crippen LogP) is 4.82. The maximum Gasteiger partial charge on any atom is 0.258 e. The molecule has 34 heavy (non-hydrogen) atoms. The second-order valence-corrected chi connectivity index (χ2v) is 8.65. The maximum atomic E-state index is 13.1. The molecule has 0 saturated carbocycles. The van der Waals surface area contributed by atoms with E-state index in [0.717, 1.165) is 35.5 Å². The number of benzene rings is 3. The molecule has 0 bridgehead atoms. The van der Waals surface area contributed by atoms with Gasteiger partial charge in [0.1, 0.15) is 0 Å². The Bertz CT molecular complexity index is 1210. The first-order valence-corrected chi connectivity index (χ1v) is 11.5. The van der Waals surface area contributed by atoms with Gasteiger partial charge in [-0.05, 0) is 55.9 Å². The van der Waals surface area contributed by atoms with Crippen molar-refractivity contribution in [1.29, 1.82) is 0 Å². The number of rotatable bonds is 8. The van der Waals surface area contributed by atoms with Crippen LogP contribution in [0.4, 0.5) is 11.4 Å². The Balaban J connectivity index is 1.73. The number of fused-ring (bicyclic) bond motifs is 1. The molecule has 1 aliphatic heterocycles. The molecule has 174 valence electrons. The third kappa shape index (κ3) is 5.18. The minimum absolute atomic E-state index is 0.143. The molecular formula is C28H30N4O2. The number of amides is 2. The summed E-state index contributed by atoms with van der Waals surface area (Å²) in [5.41, 5.74) is 6.22. The van der Waals surface area contributed by atoms with E-state index in [1.54, 1.807) is 12.1 Å². The van der Waals surface area contributed by atoms with Crippen molar-refractivity contribution in [1.82, 2.24) is 10.2 Å². The summed E-state index contributed by atoms with van der Waals surface area (Å²) < 4.78 is 0. The van der Waals surface area contributed by atoms with Gasteiger partial charge in [0.25, 0.3) is 11.8 Å². The molecule has 3 aromatic carbocycles. The second kappa shape index (κ2) is 10.4. The first kappa shape index (κ1) is 23.3. The quantitative estimate of drug-likeness (QED) is 0.427. The molecule has 0 aromatic heterocycles. The Morgan fingerprint density at radius 1 is 0.941 bits per heavy atom. The van der Waals surface area contributed by atoms with Gasteiger partial charge in [0, 0.05) is 35.6 Å². The van der Waals surface area contributed by atoms with E-state index in [2.05, 4.69) is 33.0 Å². The van der Waals surface area contributed by atoms with Crippen molar-refractivity contribution in [3.8, 4) is 0 Å². The summed E-state index contributed by atoms with van der Waals surface area (Å²) in [4.78, 5) is 27.7. The molecule has 0 aliphatic carbocycles. The normalized spacial score (nSPS) is 13.9. The summed E-state index contributed by atoms with van der Waals surface area (Å²) in [6.07, 6.45) is 0.864. The summed E-state index contributed by atoms with van der Waals surface area (Å²) in [6.45, 7) is 3.48. The smallest absolute Gasteiger partial charge is 0.258 e. The SMILES string of the molecule is CCCNC(=O)c1ccc2c(c1)NC(=O)/C2=C(\Nc1ccc(CN(C)C)cc1)c1ccccc1. The van der Waals surface area contributed by atoms with Crippen molar-refractivity contribution < 1.29 is 9.59 Å². The molecule has 1 heterocycles. The molecule has 2 amide bonds. The number of nitrogens with one attached hydrogen (secondary N) is 3. The van der Waals surface area contributed by atoms with Crippen LogP contribution >= 0.6 is 0 Å². The third-order valence-electron chi connectivity index (χ3n) is 5.60. The monoisotopic (exact) mass is 454 g/mol. The van der Waals surface area contributed by atoms with Gasteiger partial charge in [0.2, 0.25) is 0 Å². The first-order chi connectivity index (χ1) is 16.5. The van der Waals surface area contributed by atoms with E-state index < -0.39 is 0 Å². The molecule has 6 heteroatoms. The Kier molecular flexibility index (Phi) is 7.09. The Morgan fingerprint density at radius 2 is 1.68 bits per heavy atom. The topological polar surface area (TPSA) is 73.5 Å². The standard InChI is InChI=1S/C28H30N4O2/c1-4-16-29-27(33)21-12-15-23-24(17-21)31-28(34)25(23)26(20-8-6-5-7-9-20)30-22-13-10-19(11-14-22)18-32(2)3/h5-15,17,30H,4,16,18H2,1-3H3,(H,29,33)(H,31,34)/b26-25-. The lowest BCUT2D eigenvalue weighted by Gasteiger charge is -2.16. The van der Waals surface area contributed by atoms with Crippen molar-refractivity contribution in [2.45, 2.75) is 19.9 Å². The number of hydrogen-bond acceptors (Lipinski definition) is 4. The van der Waals surface area contributed by atoms with E-state index in [1.807, 2.05) is 69.6 Å². The number of hydrogen-bond donors (Lipinski definition) is 3. The van der Waals surface area contributed by atoms with Crippen LogP contribution in [0.15, 0.2) is 72.8 Å². The largest absolute Gasteiger partial charge is 0.354 e. The van der Waals surface area contributed by atoms with Gasteiger partial charge >= 0.3 is 0 Å². The van der Waals surface area contributed by atoms with E-state index in [1.165, 1.54) is 5.56 Å². The lowest BCUT2D eigenvalue weighted by molar-refractivity contribution is -0.110. The molecule has 6 nitrogen and oxygen atoms in total. The van der Waals surface area contributed by atoms with Crippen molar-refractivity contribution in [3.05, 3.63) is 95.1 Å². The van der Waals surface area contributed by atoms with Gasteiger partial charge in [-0.25, -0.2) is 0 Å². The fraction of sp³-hybridized carbons (Fsp3) is 0.214. The highest BCUT2D eigenvalue weighted by atomic mass is 16.2. The minimum atomic E-state index is -0.198. The average molecular weight is 455 g/mol. The fourth-order valence-electron chi connectivity index (χ4n) is 3.99. The zero-order valence-electron chi connectivity index (χ0n) is 19.8. The van der Waals surface area contributed by atoms with Crippen LogP contribution in [0.2, 0.25) is 0 Å². The third-order valence-corrected chi connectivity index (χ3v) is 5.60. The second-order valence-electron chi connectivity index (χ2n) is 8.65. The van der Waals surface area contributed by atoms with Crippen molar-refractivity contribution in [3.63, 3.8) is 0 Å². The van der Waals surface area contributed by atoms with Crippen molar-refractivity contribution >= 4 is 34.5 Å². The summed E-state index contributed by atoms with van der Waals surface area (Å²) >= 11 is 0. The van der Waals surface area contributed by atoms with Gasteiger partial charge in [-0.1, -0.05) is 55.5 Å². The zero-order valence-corrected chi connectivity index (χ0v) is 19.8. The van der Waals surface area contributed by atoms with E-state index >= 15 is 0 Å². The fourth-order valence-corrected chi connectivity index (χ4v) is 3.99. The molecule has 0 saturated heterocycles. The molecule has 3 N–H and O–H groups in total. The van der Waals surface area contributed by atoms with Gasteiger partial charge < -0.3 is 20.9 Å². The highest BCUT2D eigenvalue weighted by molar-refractivity contribution is 6.37. The van der Waals surface area contributed by atoms with Crippen LogP contribution in [0, 0.1) is 0 Å². The summed E-state index contributed by atoms with van der Waals surface area (Å²) in [5, 5.41) is 9.30. The highest BCUT2D eigenvalue weighted by Crippen LogP contribution is 2.38. The summed E-state index contributed by atoms with van der Waals surface area (Å²) in [5.74, 6) is -0.341. The van der Waals surface area contributed by atoms with Gasteiger partial charge in [-0.2, -0.15) is 0 Å². The van der Waals surface area contributed by atoms with Gasteiger partial charge in [-0.3, -0.25) is 9.59 Å². The molecule has 4 rings (SSSR count). The van der Waals surface area contributed by atoms with E-state index in [-0.39, 0.29) is 11.8 Å². The van der Waals surface area contributed by atoms with Gasteiger partial charge in [-0.15, -0.1) is 0 Å². The Morgan fingerprint density at radius 3 is 2.35 bits per heavy atom. The van der Waals surface area contributed by atoms with E-state index in [9.17, 15) is 9.59 Å². The Hall–Kier alpha value is -3.90. The van der Waals surface area contributed by atoms with Crippen molar-refractivity contribution in [2.75, 3.05) is 31.3 Å². The van der Waals surface area contributed by atoms with Crippen LogP contribution in [-0.4, -0.2) is 37.4 Å². The minimum Gasteiger partial charge on any atom is -0.354 e. The highest BCUT2D eigenvalue weighted by Gasteiger charge is 2.29. The summed E-state index contributed by atoms with van der Waals surface area (Å²) in [7, 11) is 4.08. The van der Waals surface area contributed by atoms with Crippen LogP contribution in [0.5, 0.6) is 0 Å². The number of nitrogens with zero attached hydrogens (tertiary/aromatic N) is 1. The first-order valence-electron chi connectivity index (χ1n) is 11.5. The van der Waals surface area contributed by atoms with Gasteiger partial charge in [0.15, 0.2) is 0 Å². The lowest BCUT2D eigenvalue weighted by Crippen LogP contribution is -2.23.